The molecule has 0 unspecified atom stereocenters. The highest BCUT2D eigenvalue weighted by Crippen LogP contribution is 2.36. The zero-order chi connectivity index (χ0) is 40.5. The lowest BCUT2D eigenvalue weighted by Crippen LogP contribution is -2.52. The van der Waals surface area contributed by atoms with Gasteiger partial charge in [0.15, 0.2) is 0 Å². The Balaban J connectivity index is 1.17. The molecular formula is C47H49N5O6. The molecule has 298 valence electrons. The number of carbonyl (C=O) groups excluding carboxylic acids is 3. The molecule has 4 heterocycles. The molecule has 0 saturated carbocycles. The quantitative estimate of drug-likeness (QED) is 0.195. The van der Waals surface area contributed by atoms with Crippen molar-refractivity contribution in [1.29, 1.82) is 0 Å². The number of amides is 3. The van der Waals surface area contributed by atoms with E-state index in [0.29, 0.717) is 50.4 Å². The highest BCUT2D eigenvalue weighted by atomic mass is 16.5. The fourth-order valence-electron chi connectivity index (χ4n) is 8.61. The minimum absolute atomic E-state index is 0.0624. The van der Waals surface area contributed by atoms with Crippen LogP contribution in [-0.4, -0.2) is 101 Å². The van der Waals surface area contributed by atoms with E-state index in [4.69, 9.17) is 4.74 Å². The maximum atomic E-state index is 15.4. The highest BCUT2D eigenvalue weighted by molar-refractivity contribution is 6.08. The average molecular weight is 780 g/mol. The summed E-state index contributed by atoms with van der Waals surface area (Å²) in [5.41, 5.74) is 9.50. The summed E-state index contributed by atoms with van der Waals surface area (Å²) in [6, 6.07) is 30.3. The van der Waals surface area contributed by atoms with Gasteiger partial charge in [-0.1, -0.05) is 54.6 Å². The molecule has 3 amide bonds. The second-order valence-electron chi connectivity index (χ2n) is 15.7. The molecular weight excluding hydrogens is 731 g/mol. The number of ether oxygens (including phenoxy) is 1. The summed E-state index contributed by atoms with van der Waals surface area (Å²) in [5.74, 6) is -1.29. The SMILES string of the molecule is Cc1c(C(=O)N(C)c2ccccc2)cc(-c2cc3c(cc2C(=O)N2Cc4ccccc4C[C@H]2CN2CCOCC2)CN(C(=O)Cc2ccc(C(=O)O)cc2)CC3)n1C. The van der Waals surface area contributed by atoms with Gasteiger partial charge in [0.1, 0.15) is 0 Å². The van der Waals surface area contributed by atoms with Crippen molar-refractivity contribution >= 4 is 29.4 Å². The second-order valence-corrected chi connectivity index (χ2v) is 15.7. The first kappa shape index (κ1) is 38.8. The van der Waals surface area contributed by atoms with Crippen LogP contribution in [0.3, 0.4) is 0 Å². The first-order chi connectivity index (χ1) is 28.0. The predicted octanol–water partition coefficient (Wildman–Crippen LogP) is 6.00. The summed E-state index contributed by atoms with van der Waals surface area (Å²) < 4.78 is 7.67. The Morgan fingerprint density at radius 3 is 2.22 bits per heavy atom. The van der Waals surface area contributed by atoms with Crippen LogP contribution in [0, 0.1) is 6.92 Å². The van der Waals surface area contributed by atoms with Gasteiger partial charge in [0.25, 0.3) is 11.8 Å². The smallest absolute Gasteiger partial charge is 0.335 e. The van der Waals surface area contributed by atoms with Crippen LogP contribution in [0.4, 0.5) is 5.69 Å². The van der Waals surface area contributed by atoms with E-state index in [1.807, 2.05) is 76.9 Å². The van der Waals surface area contributed by atoms with E-state index >= 15 is 4.79 Å². The molecule has 1 atom stereocenters. The number of hydrogen-bond donors (Lipinski definition) is 1. The Kier molecular flexibility index (Phi) is 11.0. The number of morpholine rings is 1. The standard InChI is InChI=1S/C47H49N5O6/c1-31-40(45(54)49(3)38-11-5-4-6-12-38)27-43(48(31)2)41-25-35-17-18-51(44(53)23-32-13-15-33(16-14-32)47(56)57)28-37(35)26-42(41)46(55)52-29-36-10-8-7-9-34(36)24-39(52)30-50-19-21-58-22-20-50/h4-16,25-27,39H,17-24,28-30H2,1-3H3,(H,56,57)/t39-/m0/s1. The number of hydrogen-bond acceptors (Lipinski definition) is 6. The Bertz CT molecular complexity index is 2370. The van der Waals surface area contributed by atoms with Crippen molar-refractivity contribution in [2.45, 2.75) is 45.3 Å². The number of carbonyl (C=O) groups is 4. The molecule has 0 spiro atoms. The van der Waals surface area contributed by atoms with E-state index in [9.17, 15) is 19.5 Å². The number of benzene rings is 4. The molecule has 8 rings (SSSR count). The van der Waals surface area contributed by atoms with Crippen LogP contribution in [0.2, 0.25) is 0 Å². The molecule has 58 heavy (non-hydrogen) atoms. The molecule has 5 aromatic rings. The first-order valence-electron chi connectivity index (χ1n) is 20.0. The molecule has 1 saturated heterocycles. The van der Waals surface area contributed by atoms with Gasteiger partial charge in [-0.3, -0.25) is 19.3 Å². The molecule has 11 nitrogen and oxygen atoms in total. The summed E-state index contributed by atoms with van der Waals surface area (Å²) in [4.78, 5) is 62.4. The van der Waals surface area contributed by atoms with Crippen LogP contribution in [0.5, 0.6) is 0 Å². The summed E-state index contributed by atoms with van der Waals surface area (Å²) in [5, 5.41) is 9.32. The number of fused-ring (bicyclic) bond motifs is 2. The van der Waals surface area contributed by atoms with E-state index in [2.05, 4.69) is 29.2 Å². The van der Waals surface area contributed by atoms with Crippen LogP contribution in [0.1, 0.15) is 64.6 Å². The third-order valence-electron chi connectivity index (χ3n) is 12.2. The number of aromatic carboxylic acids is 1. The number of carboxylic acids is 1. The van der Waals surface area contributed by atoms with Crippen LogP contribution < -0.4 is 4.90 Å². The number of aromatic nitrogens is 1. The molecule has 1 fully saturated rings. The van der Waals surface area contributed by atoms with Crippen molar-refractivity contribution in [3.8, 4) is 11.3 Å². The van der Waals surface area contributed by atoms with Crippen molar-refractivity contribution in [3.63, 3.8) is 0 Å². The lowest BCUT2D eigenvalue weighted by Gasteiger charge is -2.41. The van der Waals surface area contributed by atoms with Crippen molar-refractivity contribution in [3.05, 3.63) is 147 Å². The van der Waals surface area contributed by atoms with Gasteiger partial charge in [-0.2, -0.15) is 0 Å². The zero-order valence-electron chi connectivity index (χ0n) is 33.3. The van der Waals surface area contributed by atoms with Crippen molar-refractivity contribution in [2.24, 2.45) is 7.05 Å². The van der Waals surface area contributed by atoms with E-state index in [1.165, 1.54) is 17.7 Å². The number of carboxylic acid groups (broad SMARTS) is 1. The normalized spacial score (nSPS) is 16.7. The molecule has 4 aromatic carbocycles. The Morgan fingerprint density at radius 1 is 0.793 bits per heavy atom. The maximum absolute atomic E-state index is 15.4. The average Bonchev–Trinajstić information content (AvgIpc) is 3.55. The largest absolute Gasteiger partial charge is 0.478 e. The fourth-order valence-corrected chi connectivity index (χ4v) is 8.61. The minimum Gasteiger partial charge on any atom is -0.478 e. The van der Waals surface area contributed by atoms with E-state index in [1.54, 1.807) is 24.1 Å². The number of rotatable bonds is 9. The summed E-state index contributed by atoms with van der Waals surface area (Å²) >= 11 is 0. The molecule has 1 N–H and O–H groups in total. The fraction of sp³-hybridized carbons (Fsp3) is 0.319. The van der Waals surface area contributed by atoms with Crippen LogP contribution >= 0.6 is 0 Å². The van der Waals surface area contributed by atoms with E-state index in [0.717, 1.165) is 70.9 Å². The van der Waals surface area contributed by atoms with Gasteiger partial charge in [-0.05, 0) is 90.0 Å². The molecule has 1 aromatic heterocycles. The van der Waals surface area contributed by atoms with Gasteiger partial charge in [0.2, 0.25) is 5.91 Å². The molecule has 11 heteroatoms. The molecule has 3 aliphatic heterocycles. The molecule has 0 radical (unpaired) electrons. The van der Waals surface area contributed by atoms with Gasteiger partial charge in [0.05, 0.1) is 30.8 Å². The molecule has 0 aliphatic carbocycles. The maximum Gasteiger partial charge on any atom is 0.335 e. The van der Waals surface area contributed by atoms with Crippen LogP contribution in [-0.2, 0) is 48.9 Å². The predicted molar refractivity (Wildman–Crippen MR) is 222 cm³/mol. The molecule has 3 aliphatic rings. The van der Waals surface area contributed by atoms with E-state index in [-0.39, 0.29) is 35.7 Å². The number of anilines is 1. The third-order valence-corrected chi connectivity index (χ3v) is 12.2. The number of nitrogens with zero attached hydrogens (tertiary/aromatic N) is 5. The third kappa shape index (κ3) is 7.79. The monoisotopic (exact) mass is 779 g/mol. The molecule has 0 bridgehead atoms. The van der Waals surface area contributed by atoms with Gasteiger partial charge < -0.3 is 29.1 Å². The van der Waals surface area contributed by atoms with Crippen molar-refractivity contribution in [1.82, 2.24) is 19.3 Å². The van der Waals surface area contributed by atoms with Gasteiger partial charge in [0, 0.05) is 87.6 Å². The van der Waals surface area contributed by atoms with Crippen LogP contribution in [0.25, 0.3) is 11.3 Å². The first-order valence-corrected chi connectivity index (χ1v) is 20.0. The van der Waals surface area contributed by atoms with E-state index < -0.39 is 5.97 Å². The highest BCUT2D eigenvalue weighted by Gasteiger charge is 2.35. The second kappa shape index (κ2) is 16.4. The summed E-state index contributed by atoms with van der Waals surface area (Å²) in [6.45, 7) is 6.97. The Morgan fingerprint density at radius 2 is 1.50 bits per heavy atom. The van der Waals surface area contributed by atoms with Gasteiger partial charge >= 0.3 is 5.97 Å². The lowest BCUT2D eigenvalue weighted by molar-refractivity contribution is -0.131. The zero-order valence-corrected chi connectivity index (χ0v) is 33.3. The van der Waals surface area contributed by atoms with Gasteiger partial charge in [-0.25, -0.2) is 4.79 Å². The summed E-state index contributed by atoms with van der Waals surface area (Å²) in [7, 11) is 3.72. The number of para-hydroxylation sites is 1. The Hall–Kier alpha value is -6.04. The van der Waals surface area contributed by atoms with Crippen molar-refractivity contribution in [2.75, 3.05) is 51.3 Å². The van der Waals surface area contributed by atoms with Gasteiger partial charge in [-0.15, -0.1) is 0 Å². The lowest BCUT2D eigenvalue weighted by atomic mass is 9.89. The summed E-state index contributed by atoms with van der Waals surface area (Å²) in [6.07, 6.45) is 1.48. The topological polar surface area (TPSA) is 116 Å². The van der Waals surface area contributed by atoms with Crippen LogP contribution in [0.15, 0.2) is 97.1 Å². The van der Waals surface area contributed by atoms with Crippen molar-refractivity contribution < 1.29 is 29.0 Å². The minimum atomic E-state index is -1.01. The Labute approximate surface area is 339 Å².